The van der Waals surface area contributed by atoms with E-state index >= 15 is 0 Å². The van der Waals surface area contributed by atoms with Crippen LogP contribution in [0.3, 0.4) is 0 Å². The first-order valence-electron chi connectivity index (χ1n) is 11.5. The number of hydrogen-bond donors (Lipinski definition) is 10. The van der Waals surface area contributed by atoms with Crippen molar-refractivity contribution in [2.24, 2.45) is 0 Å². The third-order valence-corrected chi connectivity index (χ3v) is 6.57. The van der Waals surface area contributed by atoms with Crippen LogP contribution in [0.2, 0.25) is 0 Å². The molecule has 0 aromatic rings. The fourth-order valence-electron chi connectivity index (χ4n) is 3.42. The normalized spacial score (nSPS) is 37.6. The molecule has 0 amide bonds. The Bertz CT molecular complexity index is 844. The molecule has 0 aliphatic carbocycles. The topological polar surface area (TPSA) is 309 Å². The van der Waals surface area contributed by atoms with Gasteiger partial charge in [0.2, 0.25) is 0 Å². The summed E-state index contributed by atoms with van der Waals surface area (Å²) in [4.78, 5) is 31.8. The van der Waals surface area contributed by atoms with Gasteiger partial charge in [-0.1, -0.05) is 0 Å². The van der Waals surface area contributed by atoms with Crippen molar-refractivity contribution in [1.82, 2.24) is 0 Å². The van der Waals surface area contributed by atoms with Crippen molar-refractivity contribution in [2.75, 3.05) is 26.4 Å². The number of phosphoric acid groups is 1. The van der Waals surface area contributed by atoms with Crippen LogP contribution in [0, 0.1) is 0 Å². The molecule has 12 atom stereocenters. The van der Waals surface area contributed by atoms with E-state index in [1.165, 1.54) is 0 Å². The number of hydrogen-bond acceptors (Lipinski definition) is 17. The number of carboxylic acid groups (broad SMARTS) is 1. The van der Waals surface area contributed by atoms with E-state index in [-0.39, 0.29) is 0 Å². The van der Waals surface area contributed by atoms with Crippen LogP contribution >= 0.6 is 7.82 Å². The smallest absolute Gasteiger partial charge is 0.472 e. The van der Waals surface area contributed by atoms with Crippen LogP contribution in [-0.2, 0) is 42.1 Å². The SMILES string of the molecule is O=C(O)CCC(=O)OC[C@H]1O[C@@H](O[C@@H]2[C@@H](O)[C@H](O)[C@@H](COP(=O)(O)OCC(O)CO)O[C@H]2O)[C@H](O)[C@@H](O)[C@@H]1O. The first-order valence-corrected chi connectivity index (χ1v) is 13.0. The molecule has 0 aromatic heterocycles. The minimum absolute atomic E-state index is 0.494. The van der Waals surface area contributed by atoms with Gasteiger partial charge in [-0.05, 0) is 0 Å². The Balaban J connectivity index is 1.96. The van der Waals surface area contributed by atoms with E-state index in [0.717, 1.165) is 0 Å². The van der Waals surface area contributed by atoms with E-state index in [4.69, 9.17) is 34.3 Å². The summed E-state index contributed by atoms with van der Waals surface area (Å²) in [6.45, 7) is -3.14. The van der Waals surface area contributed by atoms with Crippen LogP contribution in [-0.4, -0.2) is 157 Å². The van der Waals surface area contributed by atoms with Crippen molar-refractivity contribution in [3.05, 3.63) is 0 Å². The third kappa shape index (κ3) is 9.88. The average molecular weight is 596 g/mol. The van der Waals surface area contributed by atoms with Gasteiger partial charge in [-0.25, -0.2) is 4.57 Å². The molecule has 10 N–H and O–H groups in total. The van der Waals surface area contributed by atoms with Gasteiger partial charge in [0.05, 0.1) is 32.7 Å². The van der Waals surface area contributed by atoms with Crippen molar-refractivity contribution >= 4 is 19.8 Å². The number of aliphatic carboxylic acids is 1. The van der Waals surface area contributed by atoms with Crippen molar-refractivity contribution in [3.63, 3.8) is 0 Å². The van der Waals surface area contributed by atoms with Gasteiger partial charge in [0.1, 0.15) is 61.5 Å². The first kappa shape index (κ1) is 33.8. The number of carboxylic acids is 1. The fraction of sp³-hybridized carbons (Fsp3) is 0.895. The summed E-state index contributed by atoms with van der Waals surface area (Å²) < 4.78 is 41.3. The highest BCUT2D eigenvalue weighted by Crippen LogP contribution is 2.44. The molecule has 2 aliphatic rings. The number of ether oxygens (including phenoxy) is 4. The molecule has 0 bridgehead atoms. The Morgan fingerprint density at radius 1 is 0.846 bits per heavy atom. The van der Waals surface area contributed by atoms with Gasteiger partial charge in [0.15, 0.2) is 12.6 Å². The van der Waals surface area contributed by atoms with Crippen molar-refractivity contribution in [2.45, 2.75) is 80.4 Å². The maximum absolute atomic E-state index is 11.8. The molecule has 2 rings (SSSR count). The lowest BCUT2D eigenvalue weighted by atomic mass is 9.97. The highest BCUT2D eigenvalue weighted by molar-refractivity contribution is 7.47. The second kappa shape index (κ2) is 15.0. The summed E-state index contributed by atoms with van der Waals surface area (Å²) in [6.07, 6.45) is -21.1. The zero-order chi connectivity index (χ0) is 29.5. The second-order valence-electron chi connectivity index (χ2n) is 8.63. The molecule has 2 heterocycles. The van der Waals surface area contributed by atoms with Gasteiger partial charge in [0, 0.05) is 0 Å². The van der Waals surface area contributed by atoms with Crippen LogP contribution in [0.15, 0.2) is 0 Å². The van der Waals surface area contributed by atoms with Gasteiger partial charge >= 0.3 is 19.8 Å². The second-order valence-corrected chi connectivity index (χ2v) is 10.1. The summed E-state index contributed by atoms with van der Waals surface area (Å²) >= 11 is 0. The molecule has 19 nitrogen and oxygen atoms in total. The number of aliphatic hydroxyl groups is 8. The van der Waals surface area contributed by atoms with E-state index in [9.17, 15) is 49.7 Å². The lowest BCUT2D eigenvalue weighted by Gasteiger charge is -2.45. The van der Waals surface area contributed by atoms with Crippen LogP contribution in [0.25, 0.3) is 0 Å². The molecule has 39 heavy (non-hydrogen) atoms. The number of carbonyl (C=O) groups is 2. The van der Waals surface area contributed by atoms with E-state index in [2.05, 4.69) is 9.05 Å². The Hall–Kier alpha value is -1.39. The fourth-order valence-corrected chi connectivity index (χ4v) is 4.19. The molecule has 2 fully saturated rings. The predicted octanol–water partition coefficient (Wildman–Crippen LogP) is -5.49. The molecule has 0 aromatic carbocycles. The van der Waals surface area contributed by atoms with Gasteiger partial charge in [-0.15, -0.1) is 0 Å². The van der Waals surface area contributed by atoms with E-state index < -0.39 is 127 Å². The number of phosphoric ester groups is 1. The number of esters is 1. The third-order valence-electron chi connectivity index (χ3n) is 5.62. The summed E-state index contributed by atoms with van der Waals surface area (Å²) in [7, 11) is -4.81. The number of aliphatic hydroxyl groups excluding tert-OH is 8. The Morgan fingerprint density at radius 2 is 1.46 bits per heavy atom. The maximum atomic E-state index is 11.8. The first-order chi connectivity index (χ1) is 18.2. The van der Waals surface area contributed by atoms with Crippen LogP contribution in [0.4, 0.5) is 0 Å². The number of rotatable bonds is 14. The molecule has 0 spiro atoms. The lowest BCUT2D eigenvalue weighted by Crippen LogP contribution is -2.64. The molecule has 2 unspecified atom stereocenters. The zero-order valence-corrected chi connectivity index (χ0v) is 21.1. The standard InChI is InChI=1S/C19H33O19P/c20-3-7(21)4-34-39(31,32)35-6-9-13(26)15(28)17(18(30)36-9)38-19-16(29)14(27)12(25)8(37-19)5-33-11(24)2-1-10(22)23/h7-9,12-21,25-30H,1-6H2,(H,22,23)(H,31,32)/t7?,8-,9-,12-,13-,14+,15+,16-,17-,18-,19+/m1/s1. The van der Waals surface area contributed by atoms with Crippen LogP contribution < -0.4 is 0 Å². The monoisotopic (exact) mass is 596 g/mol. The molecular formula is C19H33O19P. The summed E-state index contributed by atoms with van der Waals surface area (Å²) in [6, 6.07) is 0. The quantitative estimate of drug-likeness (QED) is 0.0660. The predicted molar refractivity (Wildman–Crippen MR) is 117 cm³/mol. The van der Waals surface area contributed by atoms with E-state index in [1.807, 2.05) is 0 Å². The van der Waals surface area contributed by atoms with Gasteiger partial charge < -0.3 is 69.8 Å². The van der Waals surface area contributed by atoms with E-state index in [1.54, 1.807) is 0 Å². The Kier molecular flexibility index (Phi) is 13.0. The van der Waals surface area contributed by atoms with Crippen LogP contribution in [0.5, 0.6) is 0 Å². The van der Waals surface area contributed by atoms with E-state index in [0.29, 0.717) is 0 Å². The minimum Gasteiger partial charge on any atom is -0.481 e. The van der Waals surface area contributed by atoms with Gasteiger partial charge in [-0.2, -0.15) is 0 Å². The summed E-state index contributed by atoms with van der Waals surface area (Å²) in [5.74, 6) is -2.22. The van der Waals surface area contributed by atoms with Crippen molar-refractivity contribution < 1.29 is 93.0 Å². The molecule has 2 saturated heterocycles. The highest BCUT2D eigenvalue weighted by atomic mass is 31.2. The largest absolute Gasteiger partial charge is 0.481 e. The molecule has 228 valence electrons. The average Bonchev–Trinajstić information content (AvgIpc) is 2.88. The van der Waals surface area contributed by atoms with Gasteiger partial charge in [0.25, 0.3) is 0 Å². The minimum atomic E-state index is -4.81. The Morgan fingerprint density at radius 3 is 2.08 bits per heavy atom. The maximum Gasteiger partial charge on any atom is 0.472 e. The number of carbonyl (C=O) groups excluding carboxylic acids is 1. The molecule has 0 saturated carbocycles. The van der Waals surface area contributed by atoms with Gasteiger partial charge in [-0.3, -0.25) is 18.6 Å². The lowest BCUT2D eigenvalue weighted by molar-refractivity contribution is -0.361. The highest BCUT2D eigenvalue weighted by Gasteiger charge is 2.51. The molecule has 0 radical (unpaired) electrons. The summed E-state index contributed by atoms with van der Waals surface area (Å²) in [5, 5.41) is 88.0. The Labute approximate surface area is 220 Å². The molecular weight excluding hydrogens is 563 g/mol. The van der Waals surface area contributed by atoms with Crippen molar-refractivity contribution in [1.29, 1.82) is 0 Å². The van der Waals surface area contributed by atoms with Crippen molar-refractivity contribution in [3.8, 4) is 0 Å². The van der Waals surface area contributed by atoms with Crippen LogP contribution in [0.1, 0.15) is 12.8 Å². The molecule has 2 aliphatic heterocycles. The summed E-state index contributed by atoms with van der Waals surface area (Å²) in [5.41, 5.74) is 0. The molecule has 20 heteroatoms. The zero-order valence-electron chi connectivity index (χ0n) is 20.2.